The Balaban J connectivity index is 2.47. The summed E-state index contributed by atoms with van der Waals surface area (Å²) in [6, 6.07) is 2.21. The zero-order valence-corrected chi connectivity index (χ0v) is 7.60. The van der Waals surface area contributed by atoms with Gasteiger partial charge >= 0.3 is 6.09 Å². The minimum absolute atomic E-state index is 0.143. The largest absolute Gasteiger partial charge is 0.465 e. The van der Waals surface area contributed by atoms with Crippen molar-refractivity contribution in [2.24, 2.45) is 0 Å². The Hall–Kier alpha value is -1.28. The third-order valence-electron chi connectivity index (χ3n) is 2.31. The molecule has 1 aliphatic heterocycles. The molecule has 1 atom stereocenters. The van der Waals surface area contributed by atoms with Crippen LogP contribution in [0.2, 0.25) is 0 Å². The standard InChI is InChI=1S/C8H13N3O2/c1-7-6-11(8(12)13)5-4-10(7)3-2-9/h7H,3-6H2,1H3,(H,12,13)/t7-/m0/s1. The van der Waals surface area contributed by atoms with E-state index in [9.17, 15) is 4.79 Å². The van der Waals surface area contributed by atoms with Crippen molar-refractivity contribution >= 4 is 6.09 Å². The van der Waals surface area contributed by atoms with E-state index in [4.69, 9.17) is 10.4 Å². The van der Waals surface area contributed by atoms with Crippen molar-refractivity contribution in [2.45, 2.75) is 13.0 Å². The predicted octanol–water partition coefficient (Wildman–Crippen LogP) is 0.194. The normalized spacial score (nSPS) is 24.0. The van der Waals surface area contributed by atoms with Crippen LogP contribution in [0.15, 0.2) is 0 Å². The number of nitrogens with zero attached hydrogens (tertiary/aromatic N) is 3. The molecular formula is C8H13N3O2. The van der Waals surface area contributed by atoms with Crippen LogP contribution >= 0.6 is 0 Å². The number of nitriles is 1. The zero-order valence-electron chi connectivity index (χ0n) is 7.60. The Bertz CT molecular complexity index is 236. The summed E-state index contributed by atoms with van der Waals surface area (Å²) in [6.07, 6.45) is -0.872. The van der Waals surface area contributed by atoms with Crippen molar-refractivity contribution in [3.8, 4) is 6.07 Å². The second kappa shape index (κ2) is 4.10. The fraction of sp³-hybridized carbons (Fsp3) is 0.750. The summed E-state index contributed by atoms with van der Waals surface area (Å²) in [4.78, 5) is 14.0. The van der Waals surface area contributed by atoms with Crippen molar-refractivity contribution in [1.82, 2.24) is 9.80 Å². The molecule has 0 aromatic carbocycles. The summed E-state index contributed by atoms with van der Waals surface area (Å²) in [5, 5.41) is 17.2. The van der Waals surface area contributed by atoms with Gasteiger partial charge in [0, 0.05) is 25.7 Å². The van der Waals surface area contributed by atoms with Crippen LogP contribution in [-0.4, -0.2) is 53.2 Å². The van der Waals surface area contributed by atoms with Crippen LogP contribution in [-0.2, 0) is 0 Å². The third kappa shape index (κ3) is 2.33. The van der Waals surface area contributed by atoms with E-state index in [1.165, 1.54) is 4.90 Å². The second-order valence-electron chi connectivity index (χ2n) is 3.21. The van der Waals surface area contributed by atoms with Gasteiger partial charge in [-0.05, 0) is 6.92 Å². The summed E-state index contributed by atoms with van der Waals surface area (Å²) in [5.41, 5.74) is 0. The van der Waals surface area contributed by atoms with E-state index in [0.29, 0.717) is 26.2 Å². The van der Waals surface area contributed by atoms with E-state index < -0.39 is 6.09 Å². The number of hydrogen-bond donors (Lipinski definition) is 1. The molecule has 1 heterocycles. The highest BCUT2D eigenvalue weighted by Gasteiger charge is 2.25. The molecule has 0 saturated carbocycles. The molecule has 1 amide bonds. The van der Waals surface area contributed by atoms with Crippen molar-refractivity contribution in [3.05, 3.63) is 0 Å². The number of carboxylic acid groups (broad SMARTS) is 1. The summed E-state index contributed by atoms with van der Waals surface area (Å²) in [5.74, 6) is 0. The SMILES string of the molecule is C[C@H]1CN(C(=O)O)CCN1CC#N. The van der Waals surface area contributed by atoms with Crippen LogP contribution in [0, 0.1) is 11.3 Å². The van der Waals surface area contributed by atoms with Gasteiger partial charge in [0.1, 0.15) is 0 Å². The lowest BCUT2D eigenvalue weighted by molar-refractivity contribution is 0.0827. The quantitative estimate of drug-likeness (QED) is 0.589. The Labute approximate surface area is 77.2 Å². The van der Waals surface area contributed by atoms with Gasteiger partial charge in [-0.3, -0.25) is 4.90 Å². The smallest absolute Gasteiger partial charge is 0.407 e. The van der Waals surface area contributed by atoms with Crippen LogP contribution in [0.3, 0.4) is 0 Å². The molecular weight excluding hydrogens is 170 g/mol. The number of piperazine rings is 1. The molecule has 5 nitrogen and oxygen atoms in total. The maximum Gasteiger partial charge on any atom is 0.407 e. The molecule has 1 rings (SSSR count). The third-order valence-corrected chi connectivity index (χ3v) is 2.31. The first kappa shape index (κ1) is 9.81. The fourth-order valence-electron chi connectivity index (χ4n) is 1.49. The lowest BCUT2D eigenvalue weighted by atomic mass is 10.2. The van der Waals surface area contributed by atoms with E-state index in [-0.39, 0.29) is 6.04 Å². The van der Waals surface area contributed by atoms with Crippen LogP contribution in [0.4, 0.5) is 4.79 Å². The van der Waals surface area contributed by atoms with Gasteiger partial charge in [0.2, 0.25) is 0 Å². The molecule has 0 spiro atoms. The minimum Gasteiger partial charge on any atom is -0.465 e. The summed E-state index contributed by atoms with van der Waals surface area (Å²) in [7, 11) is 0. The van der Waals surface area contributed by atoms with Crippen LogP contribution in [0.1, 0.15) is 6.92 Å². The van der Waals surface area contributed by atoms with Crippen LogP contribution in [0.5, 0.6) is 0 Å². The molecule has 72 valence electrons. The number of amides is 1. The van der Waals surface area contributed by atoms with Gasteiger partial charge < -0.3 is 10.0 Å². The maximum absolute atomic E-state index is 10.6. The molecule has 1 N–H and O–H groups in total. The van der Waals surface area contributed by atoms with E-state index in [1.54, 1.807) is 0 Å². The average Bonchev–Trinajstić information content (AvgIpc) is 2.08. The van der Waals surface area contributed by atoms with Gasteiger partial charge in [-0.2, -0.15) is 5.26 Å². The molecule has 1 aliphatic rings. The summed E-state index contributed by atoms with van der Waals surface area (Å²) in [6.45, 7) is 3.97. The van der Waals surface area contributed by atoms with Gasteiger partial charge in [-0.25, -0.2) is 4.79 Å². The average molecular weight is 183 g/mol. The molecule has 13 heavy (non-hydrogen) atoms. The Morgan fingerprint density at radius 2 is 2.38 bits per heavy atom. The first-order valence-electron chi connectivity index (χ1n) is 4.24. The van der Waals surface area contributed by atoms with Gasteiger partial charge in [0.15, 0.2) is 0 Å². The summed E-state index contributed by atoms with van der Waals surface area (Å²) < 4.78 is 0. The fourth-order valence-corrected chi connectivity index (χ4v) is 1.49. The first-order valence-corrected chi connectivity index (χ1v) is 4.24. The lowest BCUT2D eigenvalue weighted by Gasteiger charge is -2.37. The van der Waals surface area contributed by atoms with E-state index in [1.807, 2.05) is 11.8 Å². The van der Waals surface area contributed by atoms with E-state index >= 15 is 0 Å². The molecule has 5 heteroatoms. The minimum atomic E-state index is -0.872. The van der Waals surface area contributed by atoms with E-state index in [0.717, 1.165) is 0 Å². The molecule has 0 unspecified atom stereocenters. The zero-order chi connectivity index (χ0) is 9.84. The molecule has 1 fully saturated rings. The van der Waals surface area contributed by atoms with Crippen molar-refractivity contribution in [2.75, 3.05) is 26.2 Å². The topological polar surface area (TPSA) is 67.6 Å². The van der Waals surface area contributed by atoms with Crippen molar-refractivity contribution in [3.63, 3.8) is 0 Å². The number of hydrogen-bond acceptors (Lipinski definition) is 3. The van der Waals surface area contributed by atoms with Crippen LogP contribution < -0.4 is 0 Å². The van der Waals surface area contributed by atoms with Crippen molar-refractivity contribution in [1.29, 1.82) is 5.26 Å². The molecule has 0 bridgehead atoms. The predicted molar refractivity (Wildman–Crippen MR) is 46.2 cm³/mol. The molecule has 1 saturated heterocycles. The van der Waals surface area contributed by atoms with Crippen LogP contribution in [0.25, 0.3) is 0 Å². The first-order chi connectivity index (χ1) is 6.15. The Morgan fingerprint density at radius 3 is 2.85 bits per heavy atom. The monoisotopic (exact) mass is 183 g/mol. The molecule has 0 aromatic heterocycles. The van der Waals surface area contributed by atoms with Crippen molar-refractivity contribution < 1.29 is 9.90 Å². The second-order valence-corrected chi connectivity index (χ2v) is 3.21. The lowest BCUT2D eigenvalue weighted by Crippen LogP contribution is -2.53. The molecule has 0 aliphatic carbocycles. The number of rotatable bonds is 1. The Kier molecular flexibility index (Phi) is 3.09. The maximum atomic E-state index is 10.6. The highest BCUT2D eigenvalue weighted by atomic mass is 16.4. The number of carbonyl (C=O) groups is 1. The van der Waals surface area contributed by atoms with E-state index in [2.05, 4.69) is 6.07 Å². The Morgan fingerprint density at radius 1 is 1.69 bits per heavy atom. The highest BCUT2D eigenvalue weighted by Crippen LogP contribution is 2.08. The van der Waals surface area contributed by atoms with Gasteiger partial charge in [0.25, 0.3) is 0 Å². The van der Waals surface area contributed by atoms with Gasteiger partial charge in [0.05, 0.1) is 12.6 Å². The van der Waals surface area contributed by atoms with Gasteiger partial charge in [-0.15, -0.1) is 0 Å². The molecule has 0 radical (unpaired) electrons. The van der Waals surface area contributed by atoms with Gasteiger partial charge in [-0.1, -0.05) is 0 Å². The summed E-state index contributed by atoms with van der Waals surface area (Å²) >= 11 is 0. The highest BCUT2D eigenvalue weighted by molar-refractivity contribution is 5.65. The molecule has 0 aromatic rings.